The highest BCUT2D eigenvalue weighted by Gasteiger charge is 2.25. The molecule has 0 unspecified atom stereocenters. The number of aromatic nitrogens is 1. The smallest absolute Gasteiger partial charge is 0.225 e. The predicted molar refractivity (Wildman–Crippen MR) is 128 cm³/mol. The Balaban J connectivity index is 1.32. The third kappa shape index (κ3) is 4.43. The van der Waals surface area contributed by atoms with E-state index < -0.39 is 0 Å². The van der Waals surface area contributed by atoms with Crippen LogP contribution in [-0.4, -0.2) is 22.8 Å². The van der Waals surface area contributed by atoms with Gasteiger partial charge in [-0.2, -0.15) is 5.11 Å². The second-order valence-electron chi connectivity index (χ2n) is 8.69. The van der Waals surface area contributed by atoms with Crippen LogP contribution in [0.1, 0.15) is 18.4 Å². The zero-order valence-corrected chi connectivity index (χ0v) is 18.2. The molecule has 1 fully saturated rings. The number of piperidine rings is 1. The molecule has 2 N–H and O–H groups in total. The fourth-order valence-electron chi connectivity index (χ4n) is 4.75. The lowest BCUT2D eigenvalue weighted by molar-refractivity contribution is -0.928. The third-order valence-corrected chi connectivity index (χ3v) is 6.50. The highest BCUT2D eigenvalue weighted by Crippen LogP contribution is 2.39. The first-order valence-corrected chi connectivity index (χ1v) is 11.4. The van der Waals surface area contributed by atoms with E-state index in [9.17, 15) is 5.11 Å². The fourth-order valence-corrected chi connectivity index (χ4v) is 4.75. The maximum atomic E-state index is 11.1. The molecule has 0 spiro atoms. The van der Waals surface area contributed by atoms with E-state index >= 15 is 0 Å². The summed E-state index contributed by atoms with van der Waals surface area (Å²) in [5.74, 6) is 0.941. The Morgan fingerprint density at radius 3 is 2.22 bits per heavy atom. The van der Waals surface area contributed by atoms with Gasteiger partial charge in [-0.3, -0.25) is 4.57 Å². The molecule has 1 aromatic heterocycles. The molecule has 162 valence electrons. The lowest BCUT2D eigenvalue weighted by atomic mass is 9.90. The van der Waals surface area contributed by atoms with Crippen LogP contribution < -0.4 is 4.90 Å². The summed E-state index contributed by atoms with van der Waals surface area (Å²) in [5.41, 5.74) is 3.76. The molecule has 5 nitrogen and oxygen atoms in total. The van der Waals surface area contributed by atoms with E-state index in [2.05, 4.69) is 46.6 Å². The highest BCUT2D eigenvalue weighted by atomic mass is 16.3. The average Bonchev–Trinajstić information content (AvgIpc) is 3.11. The second kappa shape index (κ2) is 9.37. The van der Waals surface area contributed by atoms with Crippen molar-refractivity contribution in [2.24, 2.45) is 16.1 Å². The van der Waals surface area contributed by atoms with Gasteiger partial charge in [0.05, 0.1) is 24.3 Å². The lowest BCUT2D eigenvalue weighted by Gasteiger charge is -2.29. The van der Waals surface area contributed by atoms with Crippen molar-refractivity contribution in [2.45, 2.75) is 25.9 Å². The van der Waals surface area contributed by atoms with Crippen LogP contribution in [-0.2, 0) is 13.1 Å². The number of azo groups is 1. The topological polar surface area (TPSA) is 54.3 Å². The molecule has 0 bridgehead atoms. The Hall–Kier alpha value is -3.44. The number of benzene rings is 3. The van der Waals surface area contributed by atoms with Gasteiger partial charge in [-0.05, 0) is 48.9 Å². The van der Waals surface area contributed by atoms with E-state index in [4.69, 9.17) is 0 Å². The van der Waals surface area contributed by atoms with Crippen LogP contribution in [0.15, 0.2) is 95.2 Å². The van der Waals surface area contributed by atoms with E-state index in [-0.39, 0.29) is 5.88 Å². The van der Waals surface area contributed by atoms with Crippen molar-refractivity contribution in [3.63, 3.8) is 0 Å². The number of para-hydroxylation sites is 1. The van der Waals surface area contributed by atoms with Crippen LogP contribution >= 0.6 is 0 Å². The van der Waals surface area contributed by atoms with Crippen LogP contribution in [0.2, 0.25) is 0 Å². The SMILES string of the molecule is Oc1c(N=Nc2ccccc2)c2ccccc2n1C[NH+]1CCC(Cc2ccccc2)CC1. The molecule has 1 aliphatic heterocycles. The normalized spacial score (nSPS) is 19.0. The molecule has 0 saturated carbocycles. The van der Waals surface area contributed by atoms with Crippen molar-refractivity contribution < 1.29 is 10.0 Å². The second-order valence-corrected chi connectivity index (χ2v) is 8.69. The number of nitrogens with zero attached hydrogens (tertiary/aromatic N) is 3. The number of nitrogens with one attached hydrogen (secondary N) is 1. The van der Waals surface area contributed by atoms with Crippen molar-refractivity contribution in [3.05, 3.63) is 90.5 Å². The number of quaternary nitrogens is 1. The summed E-state index contributed by atoms with van der Waals surface area (Å²) in [4.78, 5) is 1.50. The highest BCUT2D eigenvalue weighted by molar-refractivity contribution is 5.94. The summed E-state index contributed by atoms with van der Waals surface area (Å²) in [6.45, 7) is 2.97. The van der Waals surface area contributed by atoms with E-state index in [1.54, 1.807) is 0 Å². The van der Waals surface area contributed by atoms with E-state index in [0.717, 1.165) is 48.7 Å². The van der Waals surface area contributed by atoms with Crippen molar-refractivity contribution in [1.82, 2.24) is 4.57 Å². The molecular weight excluding hydrogens is 396 g/mol. The molecular formula is C27H29N4O+. The summed E-state index contributed by atoms with van der Waals surface area (Å²) in [6.07, 6.45) is 3.59. The van der Waals surface area contributed by atoms with Gasteiger partial charge in [-0.1, -0.05) is 66.7 Å². The molecule has 0 radical (unpaired) electrons. The first kappa shape index (κ1) is 20.5. The minimum Gasteiger partial charge on any atom is -0.493 e. The van der Waals surface area contributed by atoms with E-state index in [1.165, 1.54) is 23.3 Å². The van der Waals surface area contributed by atoms with Crippen molar-refractivity contribution in [3.8, 4) is 5.88 Å². The number of hydrogen-bond acceptors (Lipinski definition) is 3. The van der Waals surface area contributed by atoms with Gasteiger partial charge in [0.1, 0.15) is 0 Å². The quantitative estimate of drug-likeness (QED) is 0.407. The van der Waals surface area contributed by atoms with Gasteiger partial charge in [0.25, 0.3) is 0 Å². The van der Waals surface area contributed by atoms with Gasteiger partial charge in [-0.15, -0.1) is 5.11 Å². The number of aromatic hydroxyl groups is 1. The van der Waals surface area contributed by atoms with Crippen LogP contribution in [0.5, 0.6) is 5.88 Å². The zero-order valence-electron chi connectivity index (χ0n) is 18.2. The maximum Gasteiger partial charge on any atom is 0.225 e. The van der Waals surface area contributed by atoms with E-state index in [0.29, 0.717) is 5.69 Å². The first-order chi connectivity index (χ1) is 15.8. The van der Waals surface area contributed by atoms with E-state index in [1.807, 2.05) is 53.1 Å². The van der Waals surface area contributed by atoms with Crippen LogP contribution in [0.25, 0.3) is 10.9 Å². The Kier molecular flexibility index (Phi) is 5.99. The number of hydrogen-bond donors (Lipinski definition) is 2. The molecule has 3 aromatic carbocycles. The first-order valence-electron chi connectivity index (χ1n) is 11.4. The van der Waals surface area contributed by atoms with Gasteiger partial charge in [0.15, 0.2) is 12.4 Å². The Morgan fingerprint density at radius 1 is 0.812 bits per heavy atom. The largest absolute Gasteiger partial charge is 0.493 e. The Bertz CT molecular complexity index is 1190. The monoisotopic (exact) mass is 425 g/mol. The Labute approximate surface area is 188 Å². The van der Waals surface area contributed by atoms with Gasteiger partial charge < -0.3 is 10.0 Å². The number of likely N-dealkylation sites (tertiary alicyclic amines) is 1. The van der Waals surface area contributed by atoms with Gasteiger partial charge in [0, 0.05) is 5.39 Å². The Morgan fingerprint density at radius 2 is 1.47 bits per heavy atom. The summed E-state index contributed by atoms with van der Waals surface area (Å²) in [7, 11) is 0. The third-order valence-electron chi connectivity index (χ3n) is 6.50. The average molecular weight is 426 g/mol. The molecule has 5 heteroatoms. The number of rotatable bonds is 6. The molecule has 0 amide bonds. The minimum atomic E-state index is 0.199. The molecule has 4 aromatic rings. The van der Waals surface area contributed by atoms with Crippen LogP contribution in [0.3, 0.4) is 0 Å². The van der Waals surface area contributed by atoms with Crippen molar-refractivity contribution >= 4 is 22.3 Å². The van der Waals surface area contributed by atoms with Crippen LogP contribution in [0, 0.1) is 5.92 Å². The lowest BCUT2D eigenvalue weighted by Crippen LogP contribution is -3.12. The minimum absolute atomic E-state index is 0.199. The summed E-state index contributed by atoms with van der Waals surface area (Å²) < 4.78 is 2.00. The van der Waals surface area contributed by atoms with Crippen LogP contribution in [0.4, 0.5) is 11.4 Å². The molecule has 0 atom stereocenters. The summed E-state index contributed by atoms with van der Waals surface area (Å²) in [5, 5.41) is 20.8. The van der Waals surface area contributed by atoms with Gasteiger partial charge in [-0.25, -0.2) is 0 Å². The molecule has 32 heavy (non-hydrogen) atoms. The van der Waals surface area contributed by atoms with Gasteiger partial charge in [0.2, 0.25) is 5.88 Å². The summed E-state index contributed by atoms with van der Waals surface area (Å²) in [6, 6.07) is 28.5. The molecule has 1 aliphatic rings. The van der Waals surface area contributed by atoms with Gasteiger partial charge >= 0.3 is 0 Å². The summed E-state index contributed by atoms with van der Waals surface area (Å²) >= 11 is 0. The zero-order chi connectivity index (χ0) is 21.8. The number of fused-ring (bicyclic) bond motifs is 1. The fraction of sp³-hybridized carbons (Fsp3) is 0.259. The van der Waals surface area contributed by atoms with Crippen molar-refractivity contribution in [1.29, 1.82) is 0 Å². The van der Waals surface area contributed by atoms with Crippen molar-refractivity contribution in [2.75, 3.05) is 13.1 Å². The maximum absolute atomic E-state index is 11.1. The predicted octanol–water partition coefficient (Wildman–Crippen LogP) is 5.26. The molecule has 0 aliphatic carbocycles. The molecule has 2 heterocycles. The standard InChI is InChI=1S/C27H28N4O/c32-27-26(29-28-23-11-5-2-6-12-23)24-13-7-8-14-25(24)31(27)20-30-17-15-22(16-18-30)19-21-9-3-1-4-10-21/h1-14,22,32H,15-20H2/p+1. The molecule has 5 rings (SSSR count). The molecule has 1 saturated heterocycles.